The largest absolute Gasteiger partial charge is 0.481 e. The quantitative estimate of drug-likeness (QED) is 0.812. The number of esters is 1. The lowest BCUT2D eigenvalue weighted by Gasteiger charge is -2.17. The lowest BCUT2D eigenvalue weighted by Crippen LogP contribution is -2.30. The molecular weight excluding hydrogens is 342 g/mol. The van der Waals surface area contributed by atoms with Crippen LogP contribution in [0, 0.1) is 13.8 Å². The first-order chi connectivity index (χ1) is 11.8. The van der Waals surface area contributed by atoms with Gasteiger partial charge in [0.25, 0.3) is 5.91 Å². The normalized spacial score (nSPS) is 11.6. The van der Waals surface area contributed by atoms with Gasteiger partial charge in [0.15, 0.2) is 6.10 Å². The Bertz CT molecular complexity index is 781. The van der Waals surface area contributed by atoms with E-state index >= 15 is 0 Å². The minimum Gasteiger partial charge on any atom is -0.481 e. The van der Waals surface area contributed by atoms with Crippen LogP contribution in [0.15, 0.2) is 36.4 Å². The molecule has 6 heteroatoms. The lowest BCUT2D eigenvalue weighted by molar-refractivity contribution is -0.122. The van der Waals surface area contributed by atoms with Crippen LogP contribution >= 0.6 is 11.6 Å². The SMILES string of the molecule is COC(=O)c1ccccc1NC(=O)C(C)Oc1cc(C)c(Cl)c(C)c1. The average molecular weight is 362 g/mol. The number of methoxy groups -OCH3 is 1. The van der Waals surface area contributed by atoms with E-state index in [0.717, 1.165) is 11.1 Å². The number of para-hydroxylation sites is 1. The van der Waals surface area contributed by atoms with Crippen LogP contribution in [0.25, 0.3) is 0 Å². The van der Waals surface area contributed by atoms with E-state index in [4.69, 9.17) is 21.1 Å². The maximum absolute atomic E-state index is 12.4. The van der Waals surface area contributed by atoms with Crippen molar-refractivity contribution in [3.8, 4) is 5.75 Å². The number of amides is 1. The molecule has 0 spiro atoms. The molecule has 2 aromatic carbocycles. The van der Waals surface area contributed by atoms with Crippen LogP contribution in [-0.4, -0.2) is 25.1 Å². The van der Waals surface area contributed by atoms with Gasteiger partial charge in [0.1, 0.15) is 5.75 Å². The number of nitrogens with one attached hydrogen (secondary N) is 1. The van der Waals surface area contributed by atoms with E-state index < -0.39 is 12.1 Å². The van der Waals surface area contributed by atoms with Crippen molar-refractivity contribution >= 4 is 29.2 Å². The smallest absolute Gasteiger partial charge is 0.339 e. The Kier molecular flexibility index (Phi) is 6.04. The summed E-state index contributed by atoms with van der Waals surface area (Å²) in [6.07, 6.45) is -0.759. The highest BCUT2D eigenvalue weighted by Crippen LogP contribution is 2.26. The summed E-state index contributed by atoms with van der Waals surface area (Å²) in [5.74, 6) is -0.335. The Hall–Kier alpha value is -2.53. The fourth-order valence-corrected chi connectivity index (χ4v) is 2.46. The van der Waals surface area contributed by atoms with E-state index in [1.807, 2.05) is 13.8 Å². The van der Waals surface area contributed by atoms with Gasteiger partial charge in [-0.3, -0.25) is 4.79 Å². The molecule has 0 bridgehead atoms. The number of hydrogen-bond donors (Lipinski definition) is 1. The van der Waals surface area contributed by atoms with E-state index in [1.54, 1.807) is 43.3 Å². The van der Waals surface area contributed by atoms with Gasteiger partial charge >= 0.3 is 5.97 Å². The van der Waals surface area contributed by atoms with Gasteiger partial charge in [0.05, 0.1) is 18.4 Å². The average Bonchev–Trinajstić information content (AvgIpc) is 2.59. The molecule has 2 rings (SSSR count). The number of ether oxygens (including phenoxy) is 2. The molecule has 0 heterocycles. The van der Waals surface area contributed by atoms with Crippen molar-refractivity contribution in [1.82, 2.24) is 0 Å². The number of carbonyl (C=O) groups is 2. The van der Waals surface area contributed by atoms with Crippen molar-refractivity contribution in [2.24, 2.45) is 0 Å². The van der Waals surface area contributed by atoms with Crippen LogP contribution in [-0.2, 0) is 9.53 Å². The maximum Gasteiger partial charge on any atom is 0.339 e. The van der Waals surface area contributed by atoms with Gasteiger partial charge in [-0.25, -0.2) is 4.79 Å². The third kappa shape index (κ3) is 4.51. The molecule has 0 aromatic heterocycles. The van der Waals surface area contributed by atoms with Crippen LogP contribution in [0.4, 0.5) is 5.69 Å². The number of benzene rings is 2. The Morgan fingerprint density at radius 1 is 1.12 bits per heavy atom. The molecular formula is C19H20ClNO4. The third-order valence-corrected chi connectivity index (χ3v) is 4.28. The van der Waals surface area contributed by atoms with E-state index in [0.29, 0.717) is 16.5 Å². The van der Waals surface area contributed by atoms with E-state index in [-0.39, 0.29) is 11.5 Å². The lowest BCUT2D eigenvalue weighted by atomic mass is 10.1. The first-order valence-electron chi connectivity index (χ1n) is 7.75. The summed E-state index contributed by atoms with van der Waals surface area (Å²) >= 11 is 6.14. The summed E-state index contributed by atoms with van der Waals surface area (Å²) in [6, 6.07) is 10.2. The molecule has 0 fully saturated rings. The zero-order valence-corrected chi connectivity index (χ0v) is 15.3. The third-order valence-electron chi connectivity index (χ3n) is 3.68. The Labute approximate surface area is 151 Å². The van der Waals surface area contributed by atoms with Gasteiger partial charge < -0.3 is 14.8 Å². The van der Waals surface area contributed by atoms with Gasteiger partial charge in [0, 0.05) is 5.02 Å². The molecule has 0 aliphatic carbocycles. The minimum atomic E-state index is -0.759. The highest BCUT2D eigenvalue weighted by atomic mass is 35.5. The second kappa shape index (κ2) is 8.03. The van der Waals surface area contributed by atoms with Crippen molar-refractivity contribution in [2.45, 2.75) is 26.9 Å². The molecule has 0 radical (unpaired) electrons. The summed E-state index contributed by atoms with van der Waals surface area (Å²) in [4.78, 5) is 24.2. The van der Waals surface area contributed by atoms with E-state index in [1.165, 1.54) is 7.11 Å². The number of carbonyl (C=O) groups excluding carboxylic acids is 2. The van der Waals surface area contributed by atoms with Crippen LogP contribution in [0.5, 0.6) is 5.75 Å². The van der Waals surface area contributed by atoms with E-state index in [2.05, 4.69) is 5.32 Å². The predicted molar refractivity (Wildman–Crippen MR) is 97.4 cm³/mol. The van der Waals surface area contributed by atoms with Gasteiger partial charge in [-0.05, 0) is 56.2 Å². The van der Waals surface area contributed by atoms with Crippen molar-refractivity contribution < 1.29 is 19.1 Å². The number of halogens is 1. The fraction of sp³-hybridized carbons (Fsp3) is 0.263. The van der Waals surface area contributed by atoms with Crippen LogP contribution < -0.4 is 10.1 Å². The molecule has 0 saturated heterocycles. The first kappa shape index (κ1) is 18.8. The molecule has 1 amide bonds. The molecule has 25 heavy (non-hydrogen) atoms. The highest BCUT2D eigenvalue weighted by Gasteiger charge is 2.19. The molecule has 0 aliphatic heterocycles. The summed E-state index contributed by atoms with van der Waals surface area (Å²) in [6.45, 7) is 5.38. The Morgan fingerprint density at radius 3 is 2.32 bits per heavy atom. The van der Waals surface area contributed by atoms with Crippen molar-refractivity contribution in [2.75, 3.05) is 12.4 Å². The first-order valence-corrected chi connectivity index (χ1v) is 8.13. The summed E-state index contributed by atoms with van der Waals surface area (Å²) < 4.78 is 10.4. The van der Waals surface area contributed by atoms with Crippen molar-refractivity contribution in [1.29, 1.82) is 0 Å². The van der Waals surface area contributed by atoms with E-state index in [9.17, 15) is 9.59 Å². The number of hydrogen-bond acceptors (Lipinski definition) is 4. The maximum atomic E-state index is 12.4. The molecule has 1 unspecified atom stereocenters. The molecule has 1 atom stereocenters. The van der Waals surface area contributed by atoms with Gasteiger partial charge in [-0.2, -0.15) is 0 Å². The zero-order valence-electron chi connectivity index (χ0n) is 14.6. The molecule has 1 N–H and O–H groups in total. The zero-order chi connectivity index (χ0) is 18.6. The summed E-state index contributed by atoms with van der Waals surface area (Å²) in [5, 5.41) is 3.37. The molecule has 2 aromatic rings. The molecule has 132 valence electrons. The number of anilines is 1. The second-order valence-electron chi connectivity index (χ2n) is 5.66. The highest BCUT2D eigenvalue weighted by molar-refractivity contribution is 6.32. The number of aryl methyl sites for hydroxylation is 2. The summed E-state index contributed by atoms with van der Waals surface area (Å²) in [7, 11) is 1.29. The second-order valence-corrected chi connectivity index (χ2v) is 6.04. The fourth-order valence-electron chi connectivity index (χ4n) is 2.35. The van der Waals surface area contributed by atoms with Gasteiger partial charge in [-0.1, -0.05) is 23.7 Å². The van der Waals surface area contributed by atoms with Crippen molar-refractivity contribution in [3.05, 3.63) is 58.1 Å². The van der Waals surface area contributed by atoms with Crippen molar-refractivity contribution in [3.63, 3.8) is 0 Å². The standard InChI is InChI=1S/C19H20ClNO4/c1-11-9-14(10-12(2)17(11)20)25-13(3)18(22)21-16-8-6-5-7-15(16)19(23)24-4/h5-10,13H,1-4H3,(H,21,22). The molecule has 5 nitrogen and oxygen atoms in total. The molecule has 0 saturated carbocycles. The predicted octanol–water partition coefficient (Wildman–Crippen LogP) is 4.15. The van der Waals surface area contributed by atoms with Gasteiger partial charge in [0.2, 0.25) is 0 Å². The Balaban J connectivity index is 2.13. The monoisotopic (exact) mass is 361 g/mol. The molecule has 0 aliphatic rings. The number of rotatable bonds is 5. The van der Waals surface area contributed by atoms with Gasteiger partial charge in [-0.15, -0.1) is 0 Å². The minimum absolute atomic E-state index is 0.281. The van der Waals surface area contributed by atoms with Crippen LogP contribution in [0.3, 0.4) is 0 Å². The summed E-state index contributed by atoms with van der Waals surface area (Å²) in [5.41, 5.74) is 2.41. The van der Waals surface area contributed by atoms with Crippen LogP contribution in [0.1, 0.15) is 28.4 Å². The van der Waals surface area contributed by atoms with Crippen LogP contribution in [0.2, 0.25) is 5.02 Å². The topological polar surface area (TPSA) is 64.6 Å². The Morgan fingerprint density at radius 2 is 1.72 bits per heavy atom.